The highest BCUT2D eigenvalue weighted by Crippen LogP contribution is 2.34. The maximum atomic E-state index is 12.6. The van der Waals surface area contributed by atoms with Gasteiger partial charge in [-0.2, -0.15) is 0 Å². The van der Waals surface area contributed by atoms with Crippen LogP contribution in [0.3, 0.4) is 0 Å². The van der Waals surface area contributed by atoms with Gasteiger partial charge in [0.1, 0.15) is 6.04 Å². The predicted molar refractivity (Wildman–Crippen MR) is 184 cm³/mol. The number of aliphatic carboxylic acids is 3. The Morgan fingerprint density at radius 2 is 0.844 bits per heavy atom. The second kappa shape index (κ2) is 28.3. The summed E-state index contributed by atoms with van der Waals surface area (Å²) < 4.78 is -0.432. The molecule has 7 heteroatoms. The number of hydrogen-bond acceptors (Lipinski definition) is 4. The minimum atomic E-state index is -1.33. The van der Waals surface area contributed by atoms with Gasteiger partial charge in [-0.1, -0.05) is 136 Å². The molecular weight excluding hydrogens is 566 g/mol. The normalized spacial score (nSPS) is 14.8. The van der Waals surface area contributed by atoms with Gasteiger partial charge in [-0.25, -0.2) is 9.59 Å². The van der Waals surface area contributed by atoms with Crippen molar-refractivity contribution < 1.29 is 34.2 Å². The first-order valence-corrected chi connectivity index (χ1v) is 18.9. The standard InChI is InChI=1S/C38H71NO6/c1-5-9-10-11-12-13-14-15-16-17-18-19-20-21-22-23-24-25-26-27-28-32-39(33(29-6-2)36(40)41,34(30-7-3)37(42)43)35(31-8-4)38(44)45/h5,33-35H,1,6-32H2,2-4H3,(H2-,40,41,42,43,44,45). The third-order valence-corrected chi connectivity index (χ3v) is 9.72. The summed E-state index contributed by atoms with van der Waals surface area (Å²) in [5.74, 6) is -3.55. The molecule has 0 aromatic heterocycles. The molecule has 0 saturated heterocycles. The van der Waals surface area contributed by atoms with Gasteiger partial charge in [0.2, 0.25) is 0 Å². The summed E-state index contributed by atoms with van der Waals surface area (Å²) in [5.41, 5.74) is 0. The number of nitrogens with zero attached hydrogens (tertiary/aromatic N) is 1. The van der Waals surface area contributed by atoms with Crippen LogP contribution in [-0.2, 0) is 14.4 Å². The third-order valence-electron chi connectivity index (χ3n) is 9.72. The van der Waals surface area contributed by atoms with Crippen molar-refractivity contribution in [1.29, 1.82) is 0 Å². The zero-order valence-corrected chi connectivity index (χ0v) is 29.6. The van der Waals surface area contributed by atoms with Crippen LogP contribution in [0.4, 0.5) is 0 Å². The molecule has 0 saturated carbocycles. The highest BCUT2D eigenvalue weighted by Gasteiger charge is 2.54. The number of allylic oxidation sites excluding steroid dienone is 1. The maximum Gasteiger partial charge on any atom is 0.362 e. The minimum Gasteiger partial charge on any atom is -0.544 e. The van der Waals surface area contributed by atoms with E-state index in [-0.39, 0.29) is 25.8 Å². The van der Waals surface area contributed by atoms with Crippen molar-refractivity contribution in [2.75, 3.05) is 6.54 Å². The second-order valence-corrected chi connectivity index (χ2v) is 13.4. The van der Waals surface area contributed by atoms with Crippen LogP contribution in [-0.4, -0.2) is 57.3 Å². The van der Waals surface area contributed by atoms with Gasteiger partial charge in [0, 0.05) is 19.3 Å². The van der Waals surface area contributed by atoms with Gasteiger partial charge in [0.15, 0.2) is 12.1 Å². The van der Waals surface area contributed by atoms with Gasteiger partial charge in [0.05, 0.1) is 12.5 Å². The van der Waals surface area contributed by atoms with Crippen molar-refractivity contribution >= 4 is 17.9 Å². The molecule has 264 valence electrons. The molecule has 0 heterocycles. The van der Waals surface area contributed by atoms with E-state index in [1.807, 2.05) is 26.8 Å². The van der Waals surface area contributed by atoms with Crippen LogP contribution in [0.1, 0.15) is 188 Å². The Morgan fingerprint density at radius 1 is 0.556 bits per heavy atom. The molecule has 0 aromatic rings. The molecule has 7 nitrogen and oxygen atoms in total. The molecule has 3 unspecified atom stereocenters. The van der Waals surface area contributed by atoms with E-state index in [9.17, 15) is 29.7 Å². The maximum absolute atomic E-state index is 12.6. The summed E-state index contributed by atoms with van der Waals surface area (Å²) in [6.45, 7) is 9.61. The molecule has 3 atom stereocenters. The lowest BCUT2D eigenvalue weighted by Crippen LogP contribution is -2.74. The quantitative estimate of drug-likeness (QED) is 0.0413. The Kier molecular flexibility index (Phi) is 27.2. The fourth-order valence-corrected chi connectivity index (χ4v) is 7.31. The van der Waals surface area contributed by atoms with Crippen LogP contribution < -0.4 is 5.11 Å². The fraction of sp³-hybridized carbons (Fsp3) is 0.868. The topological polar surface area (TPSA) is 115 Å². The molecule has 0 rings (SSSR count). The summed E-state index contributed by atoms with van der Waals surface area (Å²) in [5, 5.41) is 33.1. The molecule has 0 fully saturated rings. The van der Waals surface area contributed by atoms with Crippen molar-refractivity contribution in [1.82, 2.24) is 0 Å². The largest absolute Gasteiger partial charge is 0.544 e. The predicted octanol–water partition coefficient (Wildman–Crippen LogP) is 9.22. The molecule has 45 heavy (non-hydrogen) atoms. The Hall–Kier alpha value is -1.89. The number of quaternary nitrogens is 1. The minimum absolute atomic E-state index is 0.209. The molecule has 0 aliphatic rings. The van der Waals surface area contributed by atoms with Gasteiger partial charge < -0.3 is 20.1 Å². The summed E-state index contributed by atoms with van der Waals surface area (Å²) in [6, 6.07) is -3.32. The number of carboxylic acids is 3. The molecule has 0 radical (unpaired) electrons. The van der Waals surface area contributed by atoms with E-state index in [0.717, 1.165) is 25.7 Å². The lowest BCUT2D eigenvalue weighted by molar-refractivity contribution is -0.975. The average molecular weight is 638 g/mol. The van der Waals surface area contributed by atoms with Crippen molar-refractivity contribution in [3.63, 3.8) is 0 Å². The van der Waals surface area contributed by atoms with Crippen LogP contribution in [0.2, 0.25) is 0 Å². The van der Waals surface area contributed by atoms with Crippen molar-refractivity contribution in [3.05, 3.63) is 12.7 Å². The first-order chi connectivity index (χ1) is 21.7. The number of hydrogen-bond donors (Lipinski definition) is 2. The summed E-state index contributed by atoms with van der Waals surface area (Å²) >= 11 is 0. The van der Waals surface area contributed by atoms with E-state index in [0.29, 0.717) is 25.7 Å². The Bertz CT molecular complexity index is 710. The van der Waals surface area contributed by atoms with Crippen LogP contribution in [0.5, 0.6) is 0 Å². The first-order valence-electron chi connectivity index (χ1n) is 18.9. The molecule has 0 aliphatic heterocycles. The van der Waals surface area contributed by atoms with E-state index in [1.165, 1.54) is 96.3 Å². The lowest BCUT2D eigenvalue weighted by atomic mass is 9.91. The zero-order chi connectivity index (χ0) is 33.8. The van der Waals surface area contributed by atoms with Crippen LogP contribution in [0, 0.1) is 0 Å². The smallest absolute Gasteiger partial charge is 0.362 e. The Morgan fingerprint density at radius 3 is 1.11 bits per heavy atom. The SMILES string of the molecule is C=CCCCCCCCCCCCCCCCCCCCCC[N+](C(CCC)C(=O)[O-])(C(CCC)C(=O)O)C(CCC)C(=O)O. The van der Waals surface area contributed by atoms with E-state index >= 15 is 0 Å². The molecule has 0 amide bonds. The summed E-state index contributed by atoms with van der Waals surface area (Å²) in [6.07, 6.45) is 28.9. The molecule has 2 N–H and O–H groups in total. The molecule has 0 bridgehead atoms. The van der Waals surface area contributed by atoms with Gasteiger partial charge in [-0.05, 0) is 38.5 Å². The Balaban J connectivity index is 4.61. The monoisotopic (exact) mass is 638 g/mol. The van der Waals surface area contributed by atoms with Crippen molar-refractivity contribution in [2.45, 2.75) is 206 Å². The highest BCUT2D eigenvalue weighted by atomic mass is 16.4. The van der Waals surface area contributed by atoms with Crippen LogP contribution in [0.25, 0.3) is 0 Å². The van der Waals surface area contributed by atoms with E-state index in [1.54, 1.807) is 0 Å². The molecule has 0 aliphatic carbocycles. The van der Waals surface area contributed by atoms with Crippen molar-refractivity contribution in [2.24, 2.45) is 0 Å². The lowest BCUT2D eigenvalue weighted by Gasteiger charge is -2.52. The average Bonchev–Trinajstić information content (AvgIpc) is 3.00. The van der Waals surface area contributed by atoms with Crippen molar-refractivity contribution in [3.8, 4) is 0 Å². The molecular formula is C38H71NO6. The van der Waals surface area contributed by atoms with Gasteiger partial charge in [-0.3, -0.25) is 4.48 Å². The van der Waals surface area contributed by atoms with Gasteiger partial charge in [0.25, 0.3) is 0 Å². The molecule has 0 spiro atoms. The number of rotatable bonds is 34. The Labute approximate surface area is 276 Å². The molecule has 0 aromatic carbocycles. The van der Waals surface area contributed by atoms with Gasteiger partial charge in [-0.15, -0.1) is 6.58 Å². The van der Waals surface area contributed by atoms with Crippen LogP contribution in [0.15, 0.2) is 12.7 Å². The number of carbonyl (C=O) groups is 3. The van der Waals surface area contributed by atoms with E-state index in [2.05, 4.69) is 6.58 Å². The first kappa shape index (κ1) is 43.1. The fourth-order valence-electron chi connectivity index (χ4n) is 7.31. The zero-order valence-electron chi connectivity index (χ0n) is 29.6. The van der Waals surface area contributed by atoms with E-state index < -0.39 is 40.5 Å². The highest BCUT2D eigenvalue weighted by molar-refractivity contribution is 5.77. The van der Waals surface area contributed by atoms with Gasteiger partial charge >= 0.3 is 11.9 Å². The number of unbranched alkanes of at least 4 members (excludes halogenated alkanes) is 19. The third kappa shape index (κ3) is 18.1. The summed E-state index contributed by atoms with van der Waals surface area (Å²) in [4.78, 5) is 37.7. The second-order valence-electron chi connectivity index (χ2n) is 13.4. The number of carbonyl (C=O) groups excluding carboxylic acids is 1. The number of carboxylic acid groups (broad SMARTS) is 3. The summed E-state index contributed by atoms with van der Waals surface area (Å²) in [7, 11) is 0. The van der Waals surface area contributed by atoms with E-state index in [4.69, 9.17) is 0 Å². The van der Waals surface area contributed by atoms with Crippen LogP contribution >= 0.6 is 0 Å².